The van der Waals surface area contributed by atoms with Crippen LogP contribution in [0.4, 0.5) is 0 Å². The van der Waals surface area contributed by atoms with Gasteiger partial charge in [0.2, 0.25) is 0 Å². The van der Waals surface area contributed by atoms with Crippen molar-refractivity contribution >= 4 is 26.8 Å². The topological polar surface area (TPSA) is 99.3 Å². The number of aromatic nitrogens is 3. The Kier molecular flexibility index (Phi) is 3.57. The minimum absolute atomic E-state index is 0.0477. The SMILES string of the molecule is CCN1CCN(C(=O)c2ccc3n[nH]nc3c2)[C@@H]2CS(=O)(=O)C[C@@H]21. The first-order chi connectivity index (χ1) is 11.5. The van der Waals surface area contributed by atoms with E-state index >= 15 is 0 Å². The molecule has 9 heteroatoms. The Balaban J connectivity index is 1.66. The van der Waals surface area contributed by atoms with Crippen molar-refractivity contribution in [1.29, 1.82) is 0 Å². The maximum atomic E-state index is 13.0. The minimum Gasteiger partial charge on any atom is -0.332 e. The van der Waals surface area contributed by atoms with E-state index in [0.717, 1.165) is 6.54 Å². The third kappa shape index (κ3) is 2.48. The molecular formula is C15H19N5O3S. The molecule has 1 aromatic carbocycles. The average Bonchev–Trinajstić information content (AvgIpc) is 3.14. The summed E-state index contributed by atoms with van der Waals surface area (Å²) >= 11 is 0. The number of hydrogen-bond donors (Lipinski definition) is 1. The van der Waals surface area contributed by atoms with Gasteiger partial charge in [-0.25, -0.2) is 8.42 Å². The molecule has 0 radical (unpaired) electrons. The highest BCUT2D eigenvalue weighted by Crippen LogP contribution is 2.28. The largest absolute Gasteiger partial charge is 0.332 e. The summed E-state index contributed by atoms with van der Waals surface area (Å²) in [5.41, 5.74) is 1.84. The highest BCUT2D eigenvalue weighted by molar-refractivity contribution is 7.91. The lowest BCUT2D eigenvalue weighted by Crippen LogP contribution is -2.60. The van der Waals surface area contributed by atoms with Crippen LogP contribution >= 0.6 is 0 Å². The first-order valence-corrected chi connectivity index (χ1v) is 9.86. The van der Waals surface area contributed by atoms with Crippen molar-refractivity contribution in [2.45, 2.75) is 19.0 Å². The van der Waals surface area contributed by atoms with E-state index in [1.54, 1.807) is 23.1 Å². The Morgan fingerprint density at radius 3 is 2.75 bits per heavy atom. The number of nitrogens with one attached hydrogen (secondary N) is 1. The number of aromatic amines is 1. The van der Waals surface area contributed by atoms with E-state index in [2.05, 4.69) is 20.3 Å². The summed E-state index contributed by atoms with van der Waals surface area (Å²) in [6, 6.07) is 4.79. The molecule has 8 nitrogen and oxygen atoms in total. The van der Waals surface area contributed by atoms with Crippen LogP contribution in [0.3, 0.4) is 0 Å². The third-order valence-electron chi connectivity index (χ3n) is 5.02. The molecule has 1 N–H and O–H groups in total. The maximum absolute atomic E-state index is 13.0. The van der Waals surface area contributed by atoms with Gasteiger partial charge in [0, 0.05) is 24.7 Å². The lowest BCUT2D eigenvalue weighted by Gasteiger charge is -2.43. The predicted octanol–water partition coefficient (Wildman–Crippen LogP) is -0.0988. The van der Waals surface area contributed by atoms with Gasteiger partial charge in [0.25, 0.3) is 5.91 Å². The highest BCUT2D eigenvalue weighted by Gasteiger charge is 2.47. The number of carbonyl (C=O) groups is 1. The zero-order chi connectivity index (χ0) is 16.9. The van der Waals surface area contributed by atoms with E-state index in [-0.39, 0.29) is 29.5 Å². The molecule has 3 heterocycles. The van der Waals surface area contributed by atoms with Crippen molar-refractivity contribution in [3.8, 4) is 0 Å². The van der Waals surface area contributed by atoms with Crippen molar-refractivity contribution in [2.24, 2.45) is 0 Å². The summed E-state index contributed by atoms with van der Waals surface area (Å²) in [6.07, 6.45) is 0. The van der Waals surface area contributed by atoms with Crippen LogP contribution < -0.4 is 0 Å². The molecule has 2 fully saturated rings. The minimum atomic E-state index is -3.11. The molecule has 4 rings (SSSR count). The Hall–Kier alpha value is -2.00. The fourth-order valence-electron chi connectivity index (χ4n) is 3.81. The van der Waals surface area contributed by atoms with E-state index in [0.29, 0.717) is 29.7 Å². The number of piperazine rings is 1. The fraction of sp³-hybridized carbons (Fsp3) is 0.533. The molecule has 2 atom stereocenters. The lowest BCUT2D eigenvalue weighted by atomic mass is 10.0. The Morgan fingerprint density at radius 1 is 1.21 bits per heavy atom. The van der Waals surface area contributed by atoms with Crippen molar-refractivity contribution in [3.63, 3.8) is 0 Å². The smallest absolute Gasteiger partial charge is 0.254 e. The molecule has 0 spiro atoms. The molecule has 0 unspecified atom stereocenters. The summed E-state index contributed by atoms with van der Waals surface area (Å²) in [5, 5.41) is 10.5. The number of fused-ring (bicyclic) bond motifs is 2. The van der Waals surface area contributed by atoms with Crippen LogP contribution in [0, 0.1) is 0 Å². The first-order valence-electron chi connectivity index (χ1n) is 8.04. The zero-order valence-corrected chi connectivity index (χ0v) is 14.2. The second kappa shape index (κ2) is 5.52. The van der Waals surface area contributed by atoms with E-state index in [4.69, 9.17) is 0 Å². The number of sulfone groups is 1. The zero-order valence-electron chi connectivity index (χ0n) is 13.3. The van der Waals surface area contributed by atoms with Gasteiger partial charge in [-0.15, -0.1) is 0 Å². The molecule has 0 aliphatic carbocycles. The number of rotatable bonds is 2. The Bertz CT molecular complexity index is 893. The van der Waals surface area contributed by atoms with Gasteiger partial charge in [0.05, 0.1) is 17.5 Å². The summed E-state index contributed by atoms with van der Waals surface area (Å²) in [6.45, 7) is 4.06. The number of hydrogen-bond acceptors (Lipinski definition) is 6. The second-order valence-electron chi connectivity index (χ2n) is 6.37. The molecule has 0 saturated carbocycles. The molecule has 2 aromatic rings. The standard InChI is InChI=1S/C15H19N5O3S/c1-2-19-5-6-20(14-9-24(22,23)8-13(14)19)15(21)10-3-4-11-12(7-10)17-18-16-11/h3-4,7,13-14H,2,5-6,8-9H2,1H3,(H,16,17,18)/t13-,14+/m0/s1. The maximum Gasteiger partial charge on any atom is 0.254 e. The van der Waals surface area contributed by atoms with Gasteiger partial charge in [-0.05, 0) is 24.7 Å². The first kappa shape index (κ1) is 15.5. The molecular weight excluding hydrogens is 330 g/mol. The van der Waals surface area contributed by atoms with Crippen molar-refractivity contribution in [2.75, 3.05) is 31.1 Å². The van der Waals surface area contributed by atoms with Gasteiger partial charge in [0.15, 0.2) is 9.84 Å². The van der Waals surface area contributed by atoms with Crippen LogP contribution in [0.25, 0.3) is 11.0 Å². The fourth-order valence-corrected chi connectivity index (χ4v) is 5.82. The molecule has 0 bridgehead atoms. The van der Waals surface area contributed by atoms with E-state index < -0.39 is 9.84 Å². The van der Waals surface area contributed by atoms with Crippen LogP contribution in [0.2, 0.25) is 0 Å². The molecule has 1 amide bonds. The number of benzene rings is 1. The van der Waals surface area contributed by atoms with E-state index in [9.17, 15) is 13.2 Å². The molecule has 128 valence electrons. The number of amides is 1. The van der Waals surface area contributed by atoms with Gasteiger partial charge >= 0.3 is 0 Å². The van der Waals surface area contributed by atoms with Crippen molar-refractivity contribution in [3.05, 3.63) is 23.8 Å². The number of nitrogens with zero attached hydrogens (tertiary/aromatic N) is 4. The average molecular weight is 349 g/mol. The van der Waals surface area contributed by atoms with Crippen molar-refractivity contribution < 1.29 is 13.2 Å². The van der Waals surface area contributed by atoms with Crippen LogP contribution in [0.5, 0.6) is 0 Å². The van der Waals surface area contributed by atoms with E-state index in [1.807, 2.05) is 6.92 Å². The molecule has 1 aromatic heterocycles. The third-order valence-corrected chi connectivity index (χ3v) is 6.72. The molecule has 2 saturated heterocycles. The highest BCUT2D eigenvalue weighted by atomic mass is 32.2. The van der Waals surface area contributed by atoms with Gasteiger partial charge in [-0.1, -0.05) is 6.92 Å². The van der Waals surface area contributed by atoms with Crippen LogP contribution in [0.1, 0.15) is 17.3 Å². The lowest BCUT2D eigenvalue weighted by molar-refractivity contribution is 0.0349. The second-order valence-corrected chi connectivity index (χ2v) is 8.52. The summed E-state index contributed by atoms with van der Waals surface area (Å²) in [7, 11) is -3.11. The van der Waals surface area contributed by atoms with Crippen LogP contribution in [-0.2, 0) is 9.84 Å². The summed E-state index contributed by atoms with van der Waals surface area (Å²) in [4.78, 5) is 16.9. The predicted molar refractivity (Wildman–Crippen MR) is 88.4 cm³/mol. The van der Waals surface area contributed by atoms with Crippen molar-refractivity contribution in [1.82, 2.24) is 25.2 Å². The van der Waals surface area contributed by atoms with Crippen LogP contribution in [-0.4, -0.2) is 82.8 Å². The Labute approximate surface area is 139 Å². The summed E-state index contributed by atoms with van der Waals surface area (Å²) < 4.78 is 24.2. The molecule has 24 heavy (non-hydrogen) atoms. The Morgan fingerprint density at radius 2 is 1.96 bits per heavy atom. The van der Waals surface area contributed by atoms with Gasteiger partial charge < -0.3 is 4.90 Å². The van der Waals surface area contributed by atoms with Gasteiger partial charge in [0.1, 0.15) is 11.0 Å². The van der Waals surface area contributed by atoms with E-state index in [1.165, 1.54) is 0 Å². The number of H-pyrrole nitrogens is 1. The normalized spacial score (nSPS) is 26.6. The number of carbonyl (C=O) groups excluding carboxylic acids is 1. The molecule has 2 aliphatic rings. The summed E-state index contributed by atoms with van der Waals surface area (Å²) in [5.74, 6) is 0.0479. The quantitative estimate of drug-likeness (QED) is 0.813. The monoisotopic (exact) mass is 349 g/mol. The van der Waals surface area contributed by atoms with Gasteiger partial charge in [-0.3, -0.25) is 9.69 Å². The van der Waals surface area contributed by atoms with Crippen LogP contribution in [0.15, 0.2) is 18.2 Å². The number of likely N-dealkylation sites (N-methyl/N-ethyl adjacent to an activating group) is 1. The van der Waals surface area contributed by atoms with Gasteiger partial charge in [-0.2, -0.15) is 15.4 Å². The molecule has 2 aliphatic heterocycles.